The Bertz CT molecular complexity index is 574. The van der Waals surface area contributed by atoms with E-state index in [-0.39, 0.29) is 11.9 Å². The summed E-state index contributed by atoms with van der Waals surface area (Å²) < 4.78 is 2.10. The van der Waals surface area contributed by atoms with Crippen molar-refractivity contribution in [3.8, 4) is 0 Å². The lowest BCUT2D eigenvalue weighted by molar-refractivity contribution is -0.121. The van der Waals surface area contributed by atoms with E-state index in [0.717, 1.165) is 23.3 Å². The number of aryl methyl sites for hydroxylation is 2. The number of rotatable bonds is 5. The van der Waals surface area contributed by atoms with Gasteiger partial charge < -0.3 is 9.88 Å². The van der Waals surface area contributed by atoms with Gasteiger partial charge in [0.05, 0.1) is 11.0 Å². The highest BCUT2D eigenvalue weighted by atomic mass is 16.1. The van der Waals surface area contributed by atoms with Crippen molar-refractivity contribution in [1.29, 1.82) is 0 Å². The van der Waals surface area contributed by atoms with Crippen LogP contribution in [0.1, 0.15) is 32.5 Å². The maximum Gasteiger partial charge on any atom is 0.221 e. The fraction of sp³-hybridized carbons (Fsp3) is 0.467. The Balaban J connectivity index is 2.05. The lowest BCUT2D eigenvalue weighted by atomic mass is 10.2. The first kappa shape index (κ1) is 13.6. The average Bonchev–Trinajstić information content (AvgIpc) is 2.71. The van der Waals surface area contributed by atoms with Crippen molar-refractivity contribution < 1.29 is 4.79 Å². The van der Waals surface area contributed by atoms with Crippen LogP contribution in [-0.4, -0.2) is 21.5 Å². The van der Waals surface area contributed by atoms with Crippen LogP contribution in [0.3, 0.4) is 0 Å². The van der Waals surface area contributed by atoms with E-state index in [1.807, 2.05) is 38.1 Å². The number of hydrogen-bond acceptors (Lipinski definition) is 2. The molecule has 0 radical (unpaired) electrons. The summed E-state index contributed by atoms with van der Waals surface area (Å²) in [4.78, 5) is 16.3. The van der Waals surface area contributed by atoms with Crippen LogP contribution in [0.25, 0.3) is 11.0 Å². The molecule has 0 unspecified atom stereocenters. The molecule has 0 spiro atoms. The number of fused-ring (bicyclic) bond motifs is 1. The van der Waals surface area contributed by atoms with Crippen LogP contribution in [0.2, 0.25) is 0 Å². The highest BCUT2D eigenvalue weighted by Gasteiger charge is 2.09. The van der Waals surface area contributed by atoms with Gasteiger partial charge in [-0.05, 0) is 32.4 Å². The minimum Gasteiger partial charge on any atom is -0.354 e. The van der Waals surface area contributed by atoms with Gasteiger partial charge in [-0.2, -0.15) is 0 Å². The molecule has 0 saturated heterocycles. The molecule has 0 fully saturated rings. The molecule has 1 N–H and O–H groups in total. The van der Waals surface area contributed by atoms with Crippen molar-refractivity contribution in [2.45, 2.75) is 46.2 Å². The number of carbonyl (C=O) groups excluding carboxylic acids is 1. The van der Waals surface area contributed by atoms with Gasteiger partial charge in [0.2, 0.25) is 5.91 Å². The van der Waals surface area contributed by atoms with Crippen molar-refractivity contribution in [1.82, 2.24) is 14.9 Å². The molecule has 1 heterocycles. The zero-order chi connectivity index (χ0) is 13.8. The number of nitrogens with zero attached hydrogens (tertiary/aromatic N) is 2. The average molecular weight is 259 g/mol. The Morgan fingerprint density at radius 3 is 2.89 bits per heavy atom. The molecule has 1 aromatic carbocycles. The van der Waals surface area contributed by atoms with Crippen LogP contribution in [0.15, 0.2) is 24.3 Å². The lowest BCUT2D eigenvalue weighted by Crippen LogP contribution is -2.32. The van der Waals surface area contributed by atoms with Crippen molar-refractivity contribution in [3.63, 3.8) is 0 Å². The summed E-state index contributed by atoms with van der Waals surface area (Å²) in [5.41, 5.74) is 2.08. The maximum absolute atomic E-state index is 11.8. The van der Waals surface area contributed by atoms with E-state index in [2.05, 4.69) is 21.8 Å². The van der Waals surface area contributed by atoms with Crippen LogP contribution in [0.5, 0.6) is 0 Å². The minimum atomic E-state index is 0.103. The Morgan fingerprint density at radius 1 is 1.42 bits per heavy atom. The molecule has 19 heavy (non-hydrogen) atoms. The molecule has 4 heteroatoms. The van der Waals surface area contributed by atoms with E-state index in [9.17, 15) is 4.79 Å². The van der Waals surface area contributed by atoms with Crippen molar-refractivity contribution >= 4 is 16.9 Å². The molecular weight excluding hydrogens is 238 g/mol. The molecule has 1 atom stereocenters. The van der Waals surface area contributed by atoms with Gasteiger partial charge in [0, 0.05) is 19.0 Å². The fourth-order valence-electron chi connectivity index (χ4n) is 2.14. The molecule has 1 aromatic heterocycles. The molecule has 0 aliphatic carbocycles. The van der Waals surface area contributed by atoms with Crippen LogP contribution < -0.4 is 5.32 Å². The molecule has 1 amide bonds. The smallest absolute Gasteiger partial charge is 0.221 e. The van der Waals surface area contributed by atoms with Gasteiger partial charge in [-0.3, -0.25) is 4.79 Å². The van der Waals surface area contributed by atoms with Gasteiger partial charge in [-0.25, -0.2) is 4.98 Å². The first-order valence-corrected chi connectivity index (χ1v) is 6.83. The second-order valence-electron chi connectivity index (χ2n) is 4.93. The van der Waals surface area contributed by atoms with E-state index >= 15 is 0 Å². The summed E-state index contributed by atoms with van der Waals surface area (Å²) in [6.07, 6.45) is 1.45. The normalized spacial score (nSPS) is 12.6. The van der Waals surface area contributed by atoms with E-state index in [4.69, 9.17) is 0 Å². The lowest BCUT2D eigenvalue weighted by Gasteiger charge is -2.12. The minimum absolute atomic E-state index is 0.103. The molecule has 102 valence electrons. The van der Waals surface area contributed by atoms with Gasteiger partial charge >= 0.3 is 0 Å². The SMILES string of the molecule is CC[C@@H](C)NC(=O)CCn1c(C)nc2ccccc21. The maximum atomic E-state index is 11.8. The summed E-state index contributed by atoms with van der Waals surface area (Å²) in [5, 5.41) is 2.99. The summed E-state index contributed by atoms with van der Waals surface area (Å²) in [7, 11) is 0. The van der Waals surface area contributed by atoms with E-state index in [0.29, 0.717) is 13.0 Å². The molecular formula is C15H21N3O. The van der Waals surface area contributed by atoms with E-state index < -0.39 is 0 Å². The predicted octanol–water partition coefficient (Wildman–Crippen LogP) is 2.65. The number of aromatic nitrogens is 2. The first-order chi connectivity index (χ1) is 9.11. The largest absolute Gasteiger partial charge is 0.354 e. The zero-order valence-corrected chi connectivity index (χ0v) is 11.8. The van der Waals surface area contributed by atoms with Gasteiger partial charge in [-0.15, -0.1) is 0 Å². The Hall–Kier alpha value is -1.84. The summed E-state index contributed by atoms with van der Waals surface area (Å²) in [5.74, 6) is 1.06. The second-order valence-corrected chi connectivity index (χ2v) is 4.93. The number of para-hydroxylation sites is 2. The molecule has 4 nitrogen and oxygen atoms in total. The quantitative estimate of drug-likeness (QED) is 0.897. The number of imidazole rings is 1. The fourth-order valence-corrected chi connectivity index (χ4v) is 2.14. The number of hydrogen-bond donors (Lipinski definition) is 1. The van der Waals surface area contributed by atoms with Gasteiger partial charge in [-0.1, -0.05) is 19.1 Å². The van der Waals surface area contributed by atoms with Crippen LogP contribution >= 0.6 is 0 Å². The second kappa shape index (κ2) is 5.87. The summed E-state index contributed by atoms with van der Waals surface area (Å²) in [6, 6.07) is 8.27. The summed E-state index contributed by atoms with van der Waals surface area (Å²) in [6.45, 7) is 6.75. The first-order valence-electron chi connectivity index (χ1n) is 6.83. The van der Waals surface area contributed by atoms with Crippen molar-refractivity contribution in [2.24, 2.45) is 0 Å². The van der Waals surface area contributed by atoms with Crippen LogP contribution in [-0.2, 0) is 11.3 Å². The number of carbonyl (C=O) groups is 1. The Labute approximate surface area is 113 Å². The number of amides is 1. The highest BCUT2D eigenvalue weighted by molar-refractivity contribution is 5.78. The molecule has 0 saturated carbocycles. The molecule has 0 aliphatic heterocycles. The van der Waals surface area contributed by atoms with E-state index in [1.54, 1.807) is 0 Å². The molecule has 0 bridgehead atoms. The topological polar surface area (TPSA) is 46.9 Å². The Morgan fingerprint density at radius 2 is 2.16 bits per heavy atom. The third-order valence-corrected chi connectivity index (χ3v) is 3.43. The zero-order valence-electron chi connectivity index (χ0n) is 11.8. The third kappa shape index (κ3) is 3.13. The van der Waals surface area contributed by atoms with Gasteiger partial charge in [0.1, 0.15) is 5.82 Å². The highest BCUT2D eigenvalue weighted by Crippen LogP contribution is 2.15. The molecule has 0 aliphatic rings. The Kier molecular flexibility index (Phi) is 4.20. The molecule has 2 rings (SSSR count). The summed E-state index contributed by atoms with van der Waals surface area (Å²) >= 11 is 0. The van der Waals surface area contributed by atoms with Gasteiger partial charge in [0.25, 0.3) is 0 Å². The van der Waals surface area contributed by atoms with Gasteiger partial charge in [0.15, 0.2) is 0 Å². The van der Waals surface area contributed by atoms with Crippen molar-refractivity contribution in [3.05, 3.63) is 30.1 Å². The monoisotopic (exact) mass is 259 g/mol. The van der Waals surface area contributed by atoms with Crippen molar-refractivity contribution in [2.75, 3.05) is 0 Å². The van der Waals surface area contributed by atoms with Crippen LogP contribution in [0, 0.1) is 6.92 Å². The third-order valence-electron chi connectivity index (χ3n) is 3.43. The number of nitrogens with one attached hydrogen (secondary N) is 1. The predicted molar refractivity (Wildman–Crippen MR) is 77.0 cm³/mol. The number of benzene rings is 1. The molecule has 2 aromatic rings. The van der Waals surface area contributed by atoms with Crippen LogP contribution in [0.4, 0.5) is 0 Å². The van der Waals surface area contributed by atoms with E-state index in [1.165, 1.54) is 0 Å². The standard InChI is InChI=1S/C15H21N3O/c1-4-11(2)16-15(19)9-10-18-12(3)17-13-7-5-6-8-14(13)18/h5-8,11H,4,9-10H2,1-3H3,(H,16,19)/t11-/m1/s1.